The fourth-order valence-corrected chi connectivity index (χ4v) is 4.15. The SMILES string of the molecule is CC(C)C[C@H](NC(=O)OCc1ccccc1)C(=O)N[C@@H](Cc1ccccc1)C(=O)COn1nnc2ccccc21. The Morgan fingerprint density at radius 1 is 0.825 bits per heavy atom. The van der Waals surface area contributed by atoms with E-state index in [0.29, 0.717) is 17.5 Å². The minimum atomic E-state index is -0.901. The standard InChI is InChI=1S/C30H33N5O5/c1-21(2)17-26(32-30(38)39-19-23-13-7-4-8-14-23)29(37)31-25(18-22-11-5-3-6-12-22)28(36)20-40-35-27-16-10-9-15-24(27)33-34-35/h3-16,21,25-26H,17-20H2,1-2H3,(H,31,37)(H,32,38)/t25-,26-/m0/s1. The topological polar surface area (TPSA) is 124 Å². The number of alkyl carbamates (subject to hydrolysis) is 1. The summed E-state index contributed by atoms with van der Waals surface area (Å²) in [7, 11) is 0. The number of nitrogens with zero attached hydrogens (tertiary/aromatic N) is 3. The lowest BCUT2D eigenvalue weighted by Crippen LogP contribution is -2.53. The Morgan fingerprint density at radius 3 is 2.17 bits per heavy atom. The number of para-hydroxylation sites is 1. The van der Waals surface area contributed by atoms with Gasteiger partial charge in [0, 0.05) is 0 Å². The molecule has 0 aliphatic heterocycles. The highest BCUT2D eigenvalue weighted by molar-refractivity contribution is 5.93. The van der Waals surface area contributed by atoms with Gasteiger partial charge in [-0.2, -0.15) is 0 Å². The summed E-state index contributed by atoms with van der Waals surface area (Å²) in [4.78, 5) is 46.1. The molecular formula is C30H33N5O5. The number of carbonyl (C=O) groups is 3. The van der Waals surface area contributed by atoms with Crippen LogP contribution in [0, 0.1) is 5.92 Å². The molecule has 0 spiro atoms. The van der Waals surface area contributed by atoms with Gasteiger partial charge in [0.05, 0.1) is 6.04 Å². The summed E-state index contributed by atoms with van der Waals surface area (Å²) < 4.78 is 5.32. The van der Waals surface area contributed by atoms with Crippen LogP contribution >= 0.6 is 0 Å². The molecule has 10 heteroatoms. The molecule has 0 bridgehead atoms. The van der Waals surface area contributed by atoms with Crippen molar-refractivity contribution in [3.05, 3.63) is 96.1 Å². The molecule has 0 aliphatic rings. The van der Waals surface area contributed by atoms with Gasteiger partial charge in [0.2, 0.25) is 5.91 Å². The average molecular weight is 544 g/mol. The molecule has 1 heterocycles. The van der Waals surface area contributed by atoms with Crippen molar-refractivity contribution in [2.45, 2.75) is 45.4 Å². The maximum Gasteiger partial charge on any atom is 0.408 e. The van der Waals surface area contributed by atoms with Crippen LogP contribution in [0.15, 0.2) is 84.9 Å². The second-order valence-corrected chi connectivity index (χ2v) is 9.83. The average Bonchev–Trinajstić information content (AvgIpc) is 3.38. The van der Waals surface area contributed by atoms with Gasteiger partial charge in [-0.3, -0.25) is 9.59 Å². The van der Waals surface area contributed by atoms with Crippen LogP contribution in [0.1, 0.15) is 31.4 Å². The van der Waals surface area contributed by atoms with Gasteiger partial charge in [0.1, 0.15) is 23.7 Å². The number of hydrogen-bond donors (Lipinski definition) is 2. The van der Waals surface area contributed by atoms with E-state index in [9.17, 15) is 14.4 Å². The van der Waals surface area contributed by atoms with E-state index in [4.69, 9.17) is 9.57 Å². The Labute approximate surface area is 232 Å². The van der Waals surface area contributed by atoms with Crippen LogP contribution in [-0.2, 0) is 27.4 Å². The van der Waals surface area contributed by atoms with Gasteiger partial charge < -0.3 is 20.2 Å². The number of aromatic nitrogens is 3. The van der Waals surface area contributed by atoms with Crippen molar-refractivity contribution in [2.24, 2.45) is 5.92 Å². The van der Waals surface area contributed by atoms with Gasteiger partial charge in [0.25, 0.3) is 0 Å². The van der Waals surface area contributed by atoms with Crippen molar-refractivity contribution in [2.75, 3.05) is 6.61 Å². The van der Waals surface area contributed by atoms with Crippen molar-refractivity contribution in [3.8, 4) is 0 Å². The maximum atomic E-state index is 13.4. The van der Waals surface area contributed by atoms with E-state index < -0.39 is 24.1 Å². The lowest BCUT2D eigenvalue weighted by molar-refractivity contribution is -0.131. The second-order valence-electron chi connectivity index (χ2n) is 9.83. The number of Topliss-reactive ketones (excluding diaryl/α,β-unsaturated/α-hetero) is 1. The first kappa shape index (κ1) is 28.3. The lowest BCUT2D eigenvalue weighted by atomic mass is 10.00. The molecule has 40 heavy (non-hydrogen) atoms. The fraction of sp³-hybridized carbons (Fsp3) is 0.300. The van der Waals surface area contributed by atoms with Crippen molar-refractivity contribution in [1.29, 1.82) is 0 Å². The predicted molar refractivity (Wildman–Crippen MR) is 149 cm³/mol. The van der Waals surface area contributed by atoms with Crippen LogP contribution in [0.3, 0.4) is 0 Å². The third kappa shape index (κ3) is 8.13. The second kappa shape index (κ2) is 13.9. The molecule has 4 rings (SSSR count). The van der Waals surface area contributed by atoms with E-state index in [1.165, 1.54) is 4.85 Å². The molecule has 0 aliphatic carbocycles. The van der Waals surface area contributed by atoms with Gasteiger partial charge >= 0.3 is 6.09 Å². The molecule has 3 aromatic carbocycles. The molecule has 0 fully saturated rings. The first-order chi connectivity index (χ1) is 19.4. The zero-order valence-electron chi connectivity index (χ0n) is 22.5. The summed E-state index contributed by atoms with van der Waals surface area (Å²) >= 11 is 0. The molecule has 208 valence electrons. The van der Waals surface area contributed by atoms with Gasteiger partial charge in [-0.15, -0.1) is 5.10 Å². The smallest absolute Gasteiger partial charge is 0.408 e. The normalized spacial score (nSPS) is 12.5. The summed E-state index contributed by atoms with van der Waals surface area (Å²) in [5.41, 5.74) is 2.94. The maximum absolute atomic E-state index is 13.4. The van der Waals surface area contributed by atoms with Gasteiger partial charge in [-0.05, 0) is 47.2 Å². The summed E-state index contributed by atoms with van der Waals surface area (Å²) in [6.07, 6.45) is -0.100. The third-order valence-corrected chi connectivity index (χ3v) is 6.17. The minimum Gasteiger partial charge on any atom is -0.445 e. The minimum absolute atomic E-state index is 0.0755. The number of nitrogens with one attached hydrogen (secondary N) is 2. The van der Waals surface area contributed by atoms with Crippen molar-refractivity contribution >= 4 is 28.8 Å². The number of ether oxygens (including phenoxy) is 1. The van der Waals surface area contributed by atoms with Crippen LogP contribution in [0.5, 0.6) is 0 Å². The molecule has 2 atom stereocenters. The summed E-state index contributed by atoms with van der Waals surface area (Å²) in [6.45, 7) is 3.62. The quantitative estimate of drug-likeness (QED) is 0.264. The van der Waals surface area contributed by atoms with E-state index in [1.807, 2.05) is 86.6 Å². The Morgan fingerprint density at radius 2 is 1.48 bits per heavy atom. The first-order valence-corrected chi connectivity index (χ1v) is 13.2. The van der Waals surface area contributed by atoms with E-state index in [1.54, 1.807) is 12.1 Å². The number of carbonyl (C=O) groups excluding carboxylic acids is 3. The largest absolute Gasteiger partial charge is 0.445 e. The Bertz CT molecular complexity index is 1410. The van der Waals surface area contributed by atoms with Gasteiger partial charge in [-0.25, -0.2) is 4.79 Å². The zero-order chi connectivity index (χ0) is 28.3. The first-order valence-electron chi connectivity index (χ1n) is 13.2. The van der Waals surface area contributed by atoms with Gasteiger partial charge in [-0.1, -0.05) is 91.5 Å². The van der Waals surface area contributed by atoms with Crippen LogP contribution in [0.4, 0.5) is 4.79 Å². The monoisotopic (exact) mass is 543 g/mol. The van der Waals surface area contributed by atoms with E-state index in [-0.39, 0.29) is 31.3 Å². The van der Waals surface area contributed by atoms with E-state index in [0.717, 1.165) is 11.1 Å². The molecule has 0 saturated heterocycles. The number of hydrogen-bond acceptors (Lipinski definition) is 7. The van der Waals surface area contributed by atoms with Crippen molar-refractivity contribution < 1.29 is 24.0 Å². The van der Waals surface area contributed by atoms with E-state index >= 15 is 0 Å². The van der Waals surface area contributed by atoms with Crippen LogP contribution in [0.2, 0.25) is 0 Å². The van der Waals surface area contributed by atoms with Crippen molar-refractivity contribution in [1.82, 2.24) is 25.8 Å². The number of benzene rings is 3. The zero-order valence-corrected chi connectivity index (χ0v) is 22.5. The molecule has 10 nitrogen and oxygen atoms in total. The Balaban J connectivity index is 1.43. The van der Waals surface area contributed by atoms with Crippen LogP contribution < -0.4 is 15.5 Å². The lowest BCUT2D eigenvalue weighted by Gasteiger charge is -2.24. The number of fused-ring (bicyclic) bond motifs is 1. The van der Waals surface area contributed by atoms with E-state index in [2.05, 4.69) is 20.9 Å². The third-order valence-electron chi connectivity index (χ3n) is 6.17. The molecular weight excluding hydrogens is 510 g/mol. The molecule has 1 aromatic heterocycles. The summed E-state index contributed by atoms with van der Waals surface area (Å²) in [5, 5.41) is 13.5. The fourth-order valence-electron chi connectivity index (χ4n) is 4.15. The van der Waals surface area contributed by atoms with Crippen molar-refractivity contribution in [3.63, 3.8) is 0 Å². The highest BCUT2D eigenvalue weighted by Crippen LogP contribution is 2.11. The molecule has 0 unspecified atom stereocenters. The number of ketones is 1. The molecule has 0 radical (unpaired) electrons. The van der Waals surface area contributed by atoms with Crippen LogP contribution in [-0.4, -0.2) is 51.6 Å². The molecule has 2 N–H and O–H groups in total. The summed E-state index contributed by atoms with van der Waals surface area (Å²) in [6, 6.07) is 24.0. The Hall–Kier alpha value is -4.73. The summed E-state index contributed by atoms with van der Waals surface area (Å²) in [5.74, 6) is -0.741. The highest BCUT2D eigenvalue weighted by atomic mass is 16.7. The molecule has 4 aromatic rings. The predicted octanol–water partition coefficient (Wildman–Crippen LogP) is 3.50. The molecule has 2 amide bonds. The number of rotatable bonds is 13. The Kier molecular flexibility index (Phi) is 9.82. The van der Waals surface area contributed by atoms with Gasteiger partial charge in [0.15, 0.2) is 12.4 Å². The number of amides is 2. The van der Waals surface area contributed by atoms with Crippen LogP contribution in [0.25, 0.3) is 11.0 Å². The molecule has 0 saturated carbocycles. The highest BCUT2D eigenvalue weighted by Gasteiger charge is 2.28.